The number of nitrogens with one attached hydrogen (secondary N) is 3. The molecule has 0 atom stereocenters. The third-order valence-electron chi connectivity index (χ3n) is 3.35. The number of hydrogen-bond donors (Lipinski definition) is 3. The normalized spacial score (nSPS) is 11.4. The Morgan fingerprint density at radius 2 is 1.92 bits per heavy atom. The highest BCUT2D eigenvalue weighted by molar-refractivity contribution is 7.92. The van der Waals surface area contributed by atoms with Gasteiger partial charge in [-0.15, -0.1) is 0 Å². The van der Waals surface area contributed by atoms with Crippen LogP contribution in [0.15, 0.2) is 56.6 Å². The van der Waals surface area contributed by atoms with Gasteiger partial charge in [-0.3, -0.25) is 14.5 Å². The number of fused-ring (bicyclic) bond motifs is 1. The molecule has 0 aliphatic carbocycles. The van der Waals surface area contributed by atoms with Crippen molar-refractivity contribution in [1.29, 1.82) is 0 Å². The van der Waals surface area contributed by atoms with E-state index in [1.807, 2.05) is 0 Å². The number of amides is 1. The first-order valence-corrected chi connectivity index (χ1v) is 8.36. The molecule has 0 radical (unpaired) electrons. The van der Waals surface area contributed by atoms with E-state index in [-0.39, 0.29) is 21.7 Å². The summed E-state index contributed by atoms with van der Waals surface area (Å²) in [6.45, 7) is 0. The predicted octanol–water partition coefficient (Wildman–Crippen LogP) is 1.28. The van der Waals surface area contributed by atoms with Gasteiger partial charge in [-0.25, -0.2) is 13.2 Å². The van der Waals surface area contributed by atoms with Crippen LogP contribution in [0, 0.1) is 0 Å². The molecule has 3 rings (SSSR count). The highest BCUT2D eigenvalue weighted by Crippen LogP contribution is 2.22. The molecule has 24 heavy (non-hydrogen) atoms. The third kappa shape index (κ3) is 2.88. The van der Waals surface area contributed by atoms with E-state index in [9.17, 15) is 18.0 Å². The minimum absolute atomic E-state index is 0.0931. The second kappa shape index (κ2) is 5.85. The standard InChI is InChI=1S/C15H13N3O5S/c1-16-14(19)10-4-2-3-5-11(10)18-24(21,22)9-6-7-12-13(8-9)23-15(20)17-12/h2-8,18H,1H3,(H,16,19)(H,17,20). The molecule has 3 N–H and O–H groups in total. The first-order valence-electron chi connectivity index (χ1n) is 6.87. The maximum absolute atomic E-state index is 12.5. The number of sulfonamides is 1. The molecule has 0 aliphatic heterocycles. The number of carbonyl (C=O) groups is 1. The summed E-state index contributed by atoms with van der Waals surface area (Å²) in [7, 11) is -2.51. The molecule has 0 unspecified atom stereocenters. The Labute approximate surface area is 136 Å². The summed E-state index contributed by atoms with van der Waals surface area (Å²) in [4.78, 5) is 25.3. The molecular weight excluding hydrogens is 334 g/mol. The maximum atomic E-state index is 12.5. The Morgan fingerprint density at radius 1 is 1.17 bits per heavy atom. The molecule has 0 aliphatic rings. The number of rotatable bonds is 4. The fourth-order valence-electron chi connectivity index (χ4n) is 2.20. The molecule has 8 nitrogen and oxygen atoms in total. The quantitative estimate of drug-likeness (QED) is 0.656. The third-order valence-corrected chi connectivity index (χ3v) is 4.71. The van der Waals surface area contributed by atoms with Crippen LogP contribution in [-0.4, -0.2) is 26.4 Å². The van der Waals surface area contributed by atoms with Gasteiger partial charge in [0.15, 0.2) is 5.58 Å². The van der Waals surface area contributed by atoms with Gasteiger partial charge in [-0.1, -0.05) is 12.1 Å². The van der Waals surface area contributed by atoms with Crippen molar-refractivity contribution >= 4 is 32.7 Å². The first-order chi connectivity index (χ1) is 11.4. The smallest absolute Gasteiger partial charge is 0.408 e. The van der Waals surface area contributed by atoms with E-state index < -0.39 is 21.7 Å². The zero-order valence-corrected chi connectivity index (χ0v) is 13.3. The fourth-order valence-corrected chi connectivity index (χ4v) is 3.30. The van der Waals surface area contributed by atoms with Gasteiger partial charge in [0.2, 0.25) is 0 Å². The van der Waals surface area contributed by atoms with Crippen molar-refractivity contribution in [2.75, 3.05) is 11.8 Å². The number of aromatic nitrogens is 1. The Morgan fingerprint density at radius 3 is 2.67 bits per heavy atom. The number of aromatic amines is 1. The molecule has 124 valence electrons. The van der Waals surface area contributed by atoms with E-state index in [0.29, 0.717) is 5.52 Å². The van der Waals surface area contributed by atoms with E-state index >= 15 is 0 Å². The van der Waals surface area contributed by atoms with Crippen LogP contribution in [0.4, 0.5) is 5.69 Å². The zero-order chi connectivity index (χ0) is 17.3. The Kier molecular flexibility index (Phi) is 3.86. The average molecular weight is 347 g/mol. The van der Waals surface area contributed by atoms with Crippen molar-refractivity contribution in [3.63, 3.8) is 0 Å². The lowest BCUT2D eigenvalue weighted by Crippen LogP contribution is -2.21. The van der Waals surface area contributed by atoms with Crippen LogP contribution < -0.4 is 15.8 Å². The number of benzene rings is 2. The summed E-state index contributed by atoms with van der Waals surface area (Å²) in [5.41, 5.74) is 0.859. The minimum atomic E-state index is -3.97. The molecule has 9 heteroatoms. The summed E-state index contributed by atoms with van der Waals surface area (Å²) in [6.07, 6.45) is 0. The fraction of sp³-hybridized carbons (Fsp3) is 0.0667. The molecule has 0 bridgehead atoms. The Bertz CT molecular complexity index is 1080. The summed E-state index contributed by atoms with van der Waals surface area (Å²) >= 11 is 0. The highest BCUT2D eigenvalue weighted by atomic mass is 32.2. The predicted molar refractivity (Wildman–Crippen MR) is 87.5 cm³/mol. The minimum Gasteiger partial charge on any atom is -0.408 e. The molecule has 0 saturated carbocycles. The molecule has 1 heterocycles. The van der Waals surface area contributed by atoms with Crippen LogP contribution in [0.5, 0.6) is 0 Å². The number of hydrogen-bond acceptors (Lipinski definition) is 5. The van der Waals surface area contributed by atoms with Gasteiger partial charge in [0.25, 0.3) is 15.9 Å². The first kappa shape index (κ1) is 15.8. The molecule has 1 amide bonds. The van der Waals surface area contributed by atoms with Gasteiger partial charge < -0.3 is 9.73 Å². The second-order valence-electron chi connectivity index (χ2n) is 4.90. The lowest BCUT2D eigenvalue weighted by atomic mass is 10.2. The van der Waals surface area contributed by atoms with Crippen molar-refractivity contribution in [1.82, 2.24) is 10.3 Å². The van der Waals surface area contributed by atoms with Crippen LogP contribution in [0.1, 0.15) is 10.4 Å². The van der Waals surface area contributed by atoms with Gasteiger partial charge in [0.05, 0.1) is 21.7 Å². The highest BCUT2D eigenvalue weighted by Gasteiger charge is 2.19. The van der Waals surface area contributed by atoms with Crippen LogP contribution in [-0.2, 0) is 10.0 Å². The van der Waals surface area contributed by atoms with Crippen LogP contribution in [0.3, 0.4) is 0 Å². The number of oxazole rings is 1. The van der Waals surface area contributed by atoms with Crippen molar-refractivity contribution in [2.45, 2.75) is 4.90 Å². The van der Waals surface area contributed by atoms with Gasteiger partial charge >= 0.3 is 5.76 Å². The second-order valence-corrected chi connectivity index (χ2v) is 6.59. The Balaban J connectivity index is 2.02. The monoisotopic (exact) mass is 347 g/mol. The molecule has 0 saturated heterocycles. The molecule has 2 aromatic carbocycles. The van der Waals surface area contributed by atoms with E-state index in [0.717, 1.165) is 0 Å². The van der Waals surface area contributed by atoms with Crippen LogP contribution in [0.25, 0.3) is 11.1 Å². The van der Waals surface area contributed by atoms with Gasteiger partial charge in [0.1, 0.15) is 0 Å². The van der Waals surface area contributed by atoms with E-state index in [1.54, 1.807) is 12.1 Å². The topological polar surface area (TPSA) is 121 Å². The molecule has 1 aromatic heterocycles. The SMILES string of the molecule is CNC(=O)c1ccccc1NS(=O)(=O)c1ccc2[nH]c(=O)oc2c1. The number of para-hydroxylation sites is 1. The summed E-state index contributed by atoms with van der Waals surface area (Å²) in [5, 5.41) is 2.45. The van der Waals surface area contributed by atoms with E-state index in [4.69, 9.17) is 4.42 Å². The van der Waals surface area contributed by atoms with E-state index in [2.05, 4.69) is 15.0 Å². The van der Waals surface area contributed by atoms with E-state index in [1.165, 1.54) is 37.4 Å². The number of H-pyrrole nitrogens is 1. The van der Waals surface area contributed by atoms with Gasteiger partial charge in [0, 0.05) is 13.1 Å². The molecule has 0 spiro atoms. The summed E-state index contributed by atoms with van der Waals surface area (Å²) < 4.78 is 32.3. The number of anilines is 1. The lowest BCUT2D eigenvalue weighted by molar-refractivity contribution is 0.0964. The number of carbonyl (C=O) groups excluding carboxylic acids is 1. The van der Waals surface area contributed by atoms with Crippen LogP contribution >= 0.6 is 0 Å². The molecular formula is C15H13N3O5S. The van der Waals surface area contributed by atoms with Crippen molar-refractivity contribution in [3.8, 4) is 0 Å². The largest absolute Gasteiger partial charge is 0.417 e. The van der Waals surface area contributed by atoms with Crippen molar-refractivity contribution in [2.24, 2.45) is 0 Å². The molecule has 0 fully saturated rings. The van der Waals surface area contributed by atoms with Crippen molar-refractivity contribution < 1.29 is 17.6 Å². The van der Waals surface area contributed by atoms with Gasteiger partial charge in [-0.2, -0.15) is 0 Å². The van der Waals surface area contributed by atoms with Crippen molar-refractivity contribution in [3.05, 3.63) is 58.6 Å². The Hall–Kier alpha value is -3.07. The maximum Gasteiger partial charge on any atom is 0.417 e. The molecule has 3 aromatic rings. The lowest BCUT2D eigenvalue weighted by Gasteiger charge is -2.11. The summed E-state index contributed by atoms with van der Waals surface area (Å²) in [6, 6.07) is 10.2. The van der Waals surface area contributed by atoms with Crippen LogP contribution in [0.2, 0.25) is 0 Å². The zero-order valence-electron chi connectivity index (χ0n) is 12.5. The average Bonchev–Trinajstić information content (AvgIpc) is 2.93. The summed E-state index contributed by atoms with van der Waals surface area (Å²) in [5.74, 6) is -1.09. The van der Waals surface area contributed by atoms with Gasteiger partial charge in [-0.05, 0) is 24.3 Å².